The normalized spacial score (nSPS) is 24.6. The van der Waals surface area contributed by atoms with Crippen LogP contribution < -0.4 is 10.6 Å². The van der Waals surface area contributed by atoms with Gasteiger partial charge in [0.1, 0.15) is 0 Å². The third-order valence-corrected chi connectivity index (χ3v) is 2.77. The standard InChI is InChI=1S/C11H22N2O3/c1-2-12-10-8-16-7-9(10)11(15)13-5-3-4-6-14/h9-10,12,14H,2-8H2,1H3,(H,13,15). The summed E-state index contributed by atoms with van der Waals surface area (Å²) < 4.78 is 5.31. The molecule has 2 unspecified atom stereocenters. The molecule has 1 heterocycles. The lowest BCUT2D eigenvalue weighted by Crippen LogP contribution is -2.44. The van der Waals surface area contributed by atoms with Crippen molar-refractivity contribution < 1.29 is 14.6 Å². The van der Waals surface area contributed by atoms with Crippen molar-refractivity contribution in [2.75, 3.05) is 32.9 Å². The first-order valence-electron chi connectivity index (χ1n) is 5.99. The molecule has 5 heteroatoms. The van der Waals surface area contributed by atoms with Gasteiger partial charge >= 0.3 is 0 Å². The minimum absolute atomic E-state index is 0.0568. The molecular weight excluding hydrogens is 208 g/mol. The summed E-state index contributed by atoms with van der Waals surface area (Å²) in [6, 6.07) is 0.142. The average Bonchev–Trinajstić information content (AvgIpc) is 2.73. The third kappa shape index (κ3) is 4.08. The summed E-state index contributed by atoms with van der Waals surface area (Å²) in [5.74, 6) is -0.0181. The van der Waals surface area contributed by atoms with E-state index in [9.17, 15) is 4.79 Å². The molecule has 0 aromatic carbocycles. The van der Waals surface area contributed by atoms with Gasteiger partial charge in [0.05, 0.1) is 19.1 Å². The zero-order valence-corrected chi connectivity index (χ0v) is 9.87. The molecule has 0 aromatic heterocycles. The summed E-state index contributed by atoms with van der Waals surface area (Å²) in [5.41, 5.74) is 0. The van der Waals surface area contributed by atoms with Crippen LogP contribution in [0.3, 0.4) is 0 Å². The SMILES string of the molecule is CCNC1COCC1C(=O)NCCCCO. The Kier molecular flexibility index (Phi) is 6.37. The van der Waals surface area contributed by atoms with Gasteiger partial charge in [-0.3, -0.25) is 4.79 Å². The van der Waals surface area contributed by atoms with Crippen molar-refractivity contribution >= 4 is 5.91 Å². The number of nitrogens with one attached hydrogen (secondary N) is 2. The maximum absolute atomic E-state index is 11.8. The monoisotopic (exact) mass is 230 g/mol. The molecule has 94 valence electrons. The molecule has 2 atom stereocenters. The molecule has 0 bridgehead atoms. The molecule has 1 rings (SSSR count). The zero-order chi connectivity index (χ0) is 11.8. The van der Waals surface area contributed by atoms with Crippen LogP contribution in [0, 0.1) is 5.92 Å². The van der Waals surface area contributed by atoms with E-state index in [-0.39, 0.29) is 24.5 Å². The molecular formula is C11H22N2O3. The lowest BCUT2D eigenvalue weighted by molar-refractivity contribution is -0.125. The number of unbranched alkanes of at least 4 members (excludes halogenated alkanes) is 1. The molecule has 16 heavy (non-hydrogen) atoms. The van der Waals surface area contributed by atoms with E-state index in [1.165, 1.54) is 0 Å². The summed E-state index contributed by atoms with van der Waals surface area (Å²) >= 11 is 0. The van der Waals surface area contributed by atoms with Crippen LogP contribution in [0.25, 0.3) is 0 Å². The van der Waals surface area contributed by atoms with E-state index in [0.29, 0.717) is 19.8 Å². The summed E-state index contributed by atoms with van der Waals surface area (Å²) in [7, 11) is 0. The Morgan fingerprint density at radius 1 is 1.44 bits per heavy atom. The fourth-order valence-electron chi connectivity index (χ4n) is 1.86. The molecule has 1 aliphatic heterocycles. The molecule has 1 amide bonds. The molecule has 0 spiro atoms. The van der Waals surface area contributed by atoms with Gasteiger partial charge in [0, 0.05) is 19.2 Å². The Morgan fingerprint density at radius 3 is 2.94 bits per heavy atom. The Balaban J connectivity index is 2.23. The fourth-order valence-corrected chi connectivity index (χ4v) is 1.86. The topological polar surface area (TPSA) is 70.6 Å². The highest BCUT2D eigenvalue weighted by molar-refractivity contribution is 5.79. The Hall–Kier alpha value is -0.650. The van der Waals surface area contributed by atoms with Crippen molar-refractivity contribution in [3.05, 3.63) is 0 Å². The molecule has 0 aromatic rings. The van der Waals surface area contributed by atoms with Crippen LogP contribution in [0.15, 0.2) is 0 Å². The van der Waals surface area contributed by atoms with Crippen LogP contribution >= 0.6 is 0 Å². The maximum atomic E-state index is 11.8. The number of ether oxygens (including phenoxy) is 1. The highest BCUT2D eigenvalue weighted by Crippen LogP contribution is 2.13. The van der Waals surface area contributed by atoms with E-state index in [1.54, 1.807) is 0 Å². The Labute approximate surface area is 96.6 Å². The number of carbonyl (C=O) groups is 1. The molecule has 1 fully saturated rings. The van der Waals surface area contributed by atoms with Gasteiger partial charge in [0.25, 0.3) is 0 Å². The van der Waals surface area contributed by atoms with Crippen LogP contribution in [0.5, 0.6) is 0 Å². The van der Waals surface area contributed by atoms with E-state index < -0.39 is 0 Å². The quantitative estimate of drug-likeness (QED) is 0.516. The van der Waals surface area contributed by atoms with E-state index in [0.717, 1.165) is 19.4 Å². The number of hydrogen-bond acceptors (Lipinski definition) is 4. The van der Waals surface area contributed by atoms with E-state index in [4.69, 9.17) is 9.84 Å². The van der Waals surface area contributed by atoms with Gasteiger partial charge in [-0.15, -0.1) is 0 Å². The van der Waals surface area contributed by atoms with Gasteiger partial charge in [-0.25, -0.2) is 0 Å². The van der Waals surface area contributed by atoms with Gasteiger partial charge in [0.2, 0.25) is 5.91 Å². The van der Waals surface area contributed by atoms with Crippen molar-refractivity contribution in [3.63, 3.8) is 0 Å². The predicted octanol–water partition coefficient (Wildman–Crippen LogP) is -0.500. The minimum Gasteiger partial charge on any atom is -0.396 e. The van der Waals surface area contributed by atoms with Gasteiger partial charge in [0.15, 0.2) is 0 Å². The second-order valence-corrected chi connectivity index (χ2v) is 4.03. The van der Waals surface area contributed by atoms with Crippen molar-refractivity contribution in [2.24, 2.45) is 5.92 Å². The van der Waals surface area contributed by atoms with Gasteiger partial charge in [-0.1, -0.05) is 6.92 Å². The van der Waals surface area contributed by atoms with Crippen molar-refractivity contribution in [1.82, 2.24) is 10.6 Å². The van der Waals surface area contributed by atoms with Gasteiger partial charge in [-0.2, -0.15) is 0 Å². The van der Waals surface area contributed by atoms with E-state index >= 15 is 0 Å². The highest BCUT2D eigenvalue weighted by Gasteiger charge is 2.32. The average molecular weight is 230 g/mol. The second kappa shape index (κ2) is 7.60. The molecule has 0 radical (unpaired) electrons. The van der Waals surface area contributed by atoms with E-state index in [1.807, 2.05) is 6.92 Å². The lowest BCUT2D eigenvalue weighted by Gasteiger charge is -2.17. The van der Waals surface area contributed by atoms with Gasteiger partial charge < -0.3 is 20.5 Å². The molecule has 3 N–H and O–H groups in total. The molecule has 1 aliphatic rings. The molecule has 1 saturated heterocycles. The lowest BCUT2D eigenvalue weighted by atomic mass is 10.0. The number of hydrogen-bond donors (Lipinski definition) is 3. The largest absolute Gasteiger partial charge is 0.396 e. The number of aliphatic hydroxyl groups excluding tert-OH is 1. The number of carbonyl (C=O) groups excluding carboxylic acids is 1. The first kappa shape index (κ1) is 13.4. The molecule has 5 nitrogen and oxygen atoms in total. The minimum atomic E-state index is -0.0749. The number of amides is 1. The van der Waals surface area contributed by atoms with Crippen molar-refractivity contribution in [2.45, 2.75) is 25.8 Å². The summed E-state index contributed by atoms with van der Waals surface area (Å²) in [5, 5.41) is 14.7. The Bertz CT molecular complexity index is 211. The first-order chi connectivity index (χ1) is 7.79. The van der Waals surface area contributed by atoms with Gasteiger partial charge in [-0.05, 0) is 19.4 Å². The summed E-state index contributed by atoms with van der Waals surface area (Å²) in [4.78, 5) is 11.8. The van der Waals surface area contributed by atoms with Crippen LogP contribution in [0.4, 0.5) is 0 Å². The van der Waals surface area contributed by atoms with Crippen LogP contribution in [0.2, 0.25) is 0 Å². The maximum Gasteiger partial charge on any atom is 0.227 e. The van der Waals surface area contributed by atoms with E-state index in [2.05, 4.69) is 10.6 Å². The van der Waals surface area contributed by atoms with Crippen LogP contribution in [0.1, 0.15) is 19.8 Å². The summed E-state index contributed by atoms with van der Waals surface area (Å²) in [6.07, 6.45) is 1.56. The first-order valence-corrected chi connectivity index (χ1v) is 5.99. The highest BCUT2D eigenvalue weighted by atomic mass is 16.5. The molecule has 0 aliphatic carbocycles. The van der Waals surface area contributed by atoms with Crippen LogP contribution in [-0.4, -0.2) is 50.0 Å². The van der Waals surface area contributed by atoms with Crippen molar-refractivity contribution in [3.8, 4) is 0 Å². The third-order valence-electron chi connectivity index (χ3n) is 2.77. The Morgan fingerprint density at radius 2 is 2.25 bits per heavy atom. The number of aliphatic hydroxyl groups is 1. The predicted molar refractivity (Wildman–Crippen MR) is 61.1 cm³/mol. The zero-order valence-electron chi connectivity index (χ0n) is 9.87. The van der Waals surface area contributed by atoms with Crippen LogP contribution in [-0.2, 0) is 9.53 Å². The van der Waals surface area contributed by atoms with Crippen molar-refractivity contribution in [1.29, 1.82) is 0 Å². The number of rotatable bonds is 7. The smallest absolute Gasteiger partial charge is 0.227 e. The second-order valence-electron chi connectivity index (χ2n) is 4.03. The molecule has 0 saturated carbocycles. The summed E-state index contributed by atoms with van der Waals surface area (Å²) in [6.45, 7) is 4.81. The fraction of sp³-hybridized carbons (Fsp3) is 0.909. The number of likely N-dealkylation sites (N-methyl/N-ethyl adjacent to an activating group) is 1.